The first-order chi connectivity index (χ1) is 12.8. The number of fused-ring (bicyclic) bond motifs is 4. The number of nitrogens with zero attached hydrogens (tertiary/aromatic N) is 3. The van der Waals surface area contributed by atoms with Gasteiger partial charge in [0.2, 0.25) is 0 Å². The van der Waals surface area contributed by atoms with Crippen LogP contribution < -0.4 is 4.74 Å². The second kappa shape index (κ2) is 8.70. The van der Waals surface area contributed by atoms with E-state index in [1.54, 1.807) is 0 Å². The zero-order valence-corrected chi connectivity index (χ0v) is 16.1. The molecule has 5 heteroatoms. The van der Waals surface area contributed by atoms with Crippen LogP contribution in [0, 0.1) is 5.92 Å². The Labute approximate surface area is 157 Å². The third kappa shape index (κ3) is 4.77. The molecule has 0 spiro atoms. The van der Waals surface area contributed by atoms with Crippen LogP contribution in [0.15, 0.2) is 24.3 Å². The number of hydrogen-bond acceptors (Lipinski definition) is 5. The maximum Gasteiger partial charge on any atom is 0.119 e. The summed E-state index contributed by atoms with van der Waals surface area (Å²) in [6.45, 7) is 10.3. The molecule has 0 unspecified atom stereocenters. The molecule has 4 heterocycles. The van der Waals surface area contributed by atoms with Crippen molar-refractivity contribution in [2.45, 2.75) is 25.4 Å². The standard InChI is InChI=1S/C21H33N3O2/c1-22-14-19-5-6-20(17-22)24(16-19)15-18-3-2-4-21(13-18)26-12-9-23-7-10-25-11-8-23/h2-4,13,19-20H,5-12,14-17H2,1H3/t19-,20+/m0/s1. The number of morpholine rings is 1. The highest BCUT2D eigenvalue weighted by Gasteiger charge is 2.33. The molecule has 144 valence electrons. The van der Waals surface area contributed by atoms with Crippen molar-refractivity contribution in [3.63, 3.8) is 0 Å². The Morgan fingerprint density at radius 1 is 1.12 bits per heavy atom. The molecule has 0 amide bonds. The predicted octanol–water partition coefficient (Wildman–Crippen LogP) is 1.92. The van der Waals surface area contributed by atoms with E-state index < -0.39 is 0 Å². The molecule has 0 aliphatic carbocycles. The summed E-state index contributed by atoms with van der Waals surface area (Å²) in [5, 5.41) is 0. The first kappa shape index (κ1) is 18.2. The Bertz CT molecular complexity index is 576. The minimum Gasteiger partial charge on any atom is -0.492 e. The Morgan fingerprint density at radius 2 is 2.00 bits per heavy atom. The number of ether oxygens (including phenoxy) is 2. The van der Waals surface area contributed by atoms with E-state index in [9.17, 15) is 0 Å². The second-order valence-corrected chi connectivity index (χ2v) is 8.20. The lowest BCUT2D eigenvalue weighted by Gasteiger charge is -2.36. The fourth-order valence-electron chi connectivity index (χ4n) is 4.69. The summed E-state index contributed by atoms with van der Waals surface area (Å²) in [6, 6.07) is 9.43. The molecule has 4 aliphatic rings. The highest BCUT2D eigenvalue weighted by Crippen LogP contribution is 2.29. The number of rotatable bonds is 6. The average molecular weight is 360 g/mol. The minimum atomic E-state index is 0.713. The molecule has 0 N–H and O–H groups in total. The van der Waals surface area contributed by atoms with Crippen LogP contribution in [0.5, 0.6) is 5.75 Å². The van der Waals surface area contributed by atoms with Crippen molar-refractivity contribution in [1.29, 1.82) is 0 Å². The van der Waals surface area contributed by atoms with Gasteiger partial charge in [-0.2, -0.15) is 0 Å². The van der Waals surface area contributed by atoms with Crippen molar-refractivity contribution >= 4 is 0 Å². The quantitative estimate of drug-likeness (QED) is 0.774. The summed E-state index contributed by atoms with van der Waals surface area (Å²) in [7, 11) is 2.28. The van der Waals surface area contributed by atoms with Crippen LogP contribution in [-0.4, -0.2) is 86.9 Å². The smallest absolute Gasteiger partial charge is 0.119 e. The topological polar surface area (TPSA) is 28.2 Å². The molecule has 1 aromatic carbocycles. The summed E-state index contributed by atoms with van der Waals surface area (Å²) < 4.78 is 11.4. The van der Waals surface area contributed by atoms with Gasteiger partial charge in [0.05, 0.1) is 13.2 Å². The molecule has 4 saturated heterocycles. The van der Waals surface area contributed by atoms with Gasteiger partial charge in [0, 0.05) is 51.9 Å². The molecular weight excluding hydrogens is 326 g/mol. The number of piperidine rings is 1. The summed E-state index contributed by atoms with van der Waals surface area (Å²) in [5.74, 6) is 1.85. The van der Waals surface area contributed by atoms with Gasteiger partial charge in [-0.05, 0) is 43.5 Å². The van der Waals surface area contributed by atoms with E-state index >= 15 is 0 Å². The number of hydrogen-bond donors (Lipinski definition) is 0. The second-order valence-electron chi connectivity index (χ2n) is 8.20. The van der Waals surface area contributed by atoms with E-state index in [0.717, 1.165) is 57.7 Å². The Balaban J connectivity index is 1.30. The molecule has 5 rings (SSSR count). The van der Waals surface area contributed by atoms with Gasteiger partial charge >= 0.3 is 0 Å². The fourth-order valence-corrected chi connectivity index (χ4v) is 4.69. The Kier molecular flexibility index (Phi) is 6.10. The van der Waals surface area contributed by atoms with Crippen LogP contribution in [0.3, 0.4) is 0 Å². The van der Waals surface area contributed by atoms with Gasteiger partial charge in [-0.3, -0.25) is 9.80 Å². The molecule has 4 aliphatic heterocycles. The van der Waals surface area contributed by atoms with Crippen molar-refractivity contribution in [3.05, 3.63) is 29.8 Å². The van der Waals surface area contributed by atoms with E-state index in [1.165, 1.54) is 38.0 Å². The molecule has 26 heavy (non-hydrogen) atoms. The van der Waals surface area contributed by atoms with E-state index in [0.29, 0.717) is 6.04 Å². The van der Waals surface area contributed by atoms with Gasteiger partial charge in [-0.1, -0.05) is 12.1 Å². The van der Waals surface area contributed by atoms with Gasteiger partial charge < -0.3 is 14.4 Å². The van der Waals surface area contributed by atoms with Crippen molar-refractivity contribution in [2.24, 2.45) is 5.92 Å². The Morgan fingerprint density at radius 3 is 2.88 bits per heavy atom. The van der Waals surface area contributed by atoms with Gasteiger partial charge in [0.1, 0.15) is 12.4 Å². The molecular formula is C21H33N3O2. The monoisotopic (exact) mass is 359 g/mol. The van der Waals surface area contributed by atoms with E-state index in [2.05, 4.69) is 46.0 Å². The molecule has 2 bridgehead atoms. The lowest BCUT2D eigenvalue weighted by molar-refractivity contribution is 0.0322. The predicted molar refractivity (Wildman–Crippen MR) is 104 cm³/mol. The lowest BCUT2D eigenvalue weighted by Crippen LogP contribution is -2.43. The average Bonchev–Trinajstić information content (AvgIpc) is 2.92. The van der Waals surface area contributed by atoms with Gasteiger partial charge in [-0.25, -0.2) is 0 Å². The van der Waals surface area contributed by atoms with Crippen LogP contribution in [0.1, 0.15) is 18.4 Å². The third-order valence-corrected chi connectivity index (χ3v) is 6.07. The largest absolute Gasteiger partial charge is 0.492 e. The highest BCUT2D eigenvalue weighted by atomic mass is 16.5. The SMILES string of the molecule is CN1C[C@@H]2CC[C@H](C1)N(Cc1cccc(OCCN3CCOCC3)c1)C2. The molecule has 2 atom stereocenters. The maximum absolute atomic E-state index is 6.03. The normalized spacial score (nSPS) is 28.2. The summed E-state index contributed by atoms with van der Waals surface area (Å²) in [5.41, 5.74) is 1.38. The van der Waals surface area contributed by atoms with E-state index in [-0.39, 0.29) is 0 Å². The van der Waals surface area contributed by atoms with Crippen LogP contribution >= 0.6 is 0 Å². The highest BCUT2D eigenvalue weighted by molar-refractivity contribution is 5.28. The van der Waals surface area contributed by atoms with Crippen LogP contribution in [-0.2, 0) is 11.3 Å². The molecule has 0 aromatic heterocycles. The van der Waals surface area contributed by atoms with Crippen LogP contribution in [0.2, 0.25) is 0 Å². The first-order valence-corrected chi connectivity index (χ1v) is 10.2. The fraction of sp³-hybridized carbons (Fsp3) is 0.714. The molecule has 0 radical (unpaired) electrons. The zero-order chi connectivity index (χ0) is 17.8. The molecule has 5 nitrogen and oxygen atoms in total. The van der Waals surface area contributed by atoms with Gasteiger partial charge in [0.25, 0.3) is 0 Å². The van der Waals surface area contributed by atoms with E-state index in [1.807, 2.05) is 0 Å². The minimum absolute atomic E-state index is 0.713. The van der Waals surface area contributed by atoms with Crippen LogP contribution in [0.4, 0.5) is 0 Å². The van der Waals surface area contributed by atoms with Gasteiger partial charge in [-0.15, -0.1) is 0 Å². The zero-order valence-electron chi connectivity index (χ0n) is 16.1. The summed E-state index contributed by atoms with van der Waals surface area (Å²) in [6.07, 6.45) is 2.75. The maximum atomic E-state index is 6.03. The number of likely N-dealkylation sites (N-methyl/N-ethyl adjacent to an activating group) is 1. The van der Waals surface area contributed by atoms with Crippen LogP contribution in [0.25, 0.3) is 0 Å². The van der Waals surface area contributed by atoms with Gasteiger partial charge in [0.15, 0.2) is 0 Å². The number of benzene rings is 1. The first-order valence-electron chi connectivity index (χ1n) is 10.2. The third-order valence-electron chi connectivity index (χ3n) is 6.07. The molecule has 0 saturated carbocycles. The molecule has 4 fully saturated rings. The lowest BCUT2D eigenvalue weighted by atomic mass is 9.94. The Hall–Kier alpha value is -1.14. The van der Waals surface area contributed by atoms with E-state index in [4.69, 9.17) is 9.47 Å². The summed E-state index contributed by atoms with van der Waals surface area (Å²) >= 11 is 0. The van der Waals surface area contributed by atoms with Crippen molar-refractivity contribution in [1.82, 2.24) is 14.7 Å². The summed E-state index contributed by atoms with van der Waals surface area (Å²) in [4.78, 5) is 7.63. The molecule has 1 aromatic rings. The van der Waals surface area contributed by atoms with Crippen molar-refractivity contribution in [2.75, 3.05) is 66.1 Å². The van der Waals surface area contributed by atoms with Crippen molar-refractivity contribution in [3.8, 4) is 5.75 Å². The van der Waals surface area contributed by atoms with Crippen molar-refractivity contribution < 1.29 is 9.47 Å².